The number of piperidine rings is 1. The molecule has 1 atom stereocenters. The highest BCUT2D eigenvalue weighted by atomic mass is 19.2. The molecule has 2 heterocycles. The second kappa shape index (κ2) is 8.61. The topological polar surface area (TPSA) is 55.6 Å². The molecule has 1 aromatic heterocycles. The highest BCUT2D eigenvalue weighted by molar-refractivity contribution is 5.92. The predicted octanol–water partition coefficient (Wildman–Crippen LogP) is 5.04. The largest absolute Gasteiger partial charge is 0.485 e. The first-order chi connectivity index (χ1) is 14.5. The summed E-state index contributed by atoms with van der Waals surface area (Å²) >= 11 is 0. The van der Waals surface area contributed by atoms with E-state index in [1.54, 1.807) is 17.0 Å². The molecular weight excluding hydrogens is 397 g/mol. The maximum absolute atomic E-state index is 13.3. The molecule has 0 saturated carbocycles. The lowest BCUT2D eigenvalue weighted by atomic mass is 9.95. The minimum Gasteiger partial charge on any atom is -0.485 e. The van der Waals surface area contributed by atoms with E-state index in [0.717, 1.165) is 37.0 Å². The van der Waals surface area contributed by atoms with Crippen LogP contribution in [0, 0.1) is 17.5 Å². The zero-order valence-corrected chi connectivity index (χ0v) is 16.0. The quantitative estimate of drug-likeness (QED) is 0.585. The molecule has 1 amide bonds. The van der Waals surface area contributed by atoms with Crippen LogP contribution < -0.4 is 4.74 Å². The van der Waals surface area contributed by atoms with Crippen LogP contribution in [0.25, 0.3) is 0 Å². The summed E-state index contributed by atoms with van der Waals surface area (Å²) in [6.45, 7) is 0.473. The Hall–Kier alpha value is -3.29. The van der Waals surface area contributed by atoms with E-state index in [9.17, 15) is 18.0 Å². The van der Waals surface area contributed by atoms with Crippen LogP contribution in [-0.4, -0.2) is 22.5 Å². The Balaban J connectivity index is 1.45. The van der Waals surface area contributed by atoms with Gasteiger partial charge in [0.25, 0.3) is 5.91 Å². The van der Waals surface area contributed by atoms with Crippen molar-refractivity contribution in [3.05, 3.63) is 83.0 Å². The number of carbonyl (C=O) groups excluding carboxylic acids is 1. The molecule has 2 aromatic carbocycles. The molecule has 0 radical (unpaired) electrons. The average Bonchev–Trinajstić information content (AvgIpc) is 3.24. The first-order valence-corrected chi connectivity index (χ1v) is 9.61. The van der Waals surface area contributed by atoms with Gasteiger partial charge in [-0.3, -0.25) is 4.79 Å². The van der Waals surface area contributed by atoms with Crippen molar-refractivity contribution in [1.82, 2.24) is 10.1 Å². The number of nitrogens with zero attached hydrogens (tertiary/aromatic N) is 2. The van der Waals surface area contributed by atoms with E-state index in [1.807, 2.05) is 0 Å². The zero-order chi connectivity index (χ0) is 21.1. The van der Waals surface area contributed by atoms with Gasteiger partial charge in [0.15, 0.2) is 23.1 Å². The van der Waals surface area contributed by atoms with Crippen LogP contribution in [0.15, 0.2) is 53.1 Å². The summed E-state index contributed by atoms with van der Waals surface area (Å²) in [5.41, 5.74) is 1.00. The number of halogens is 3. The summed E-state index contributed by atoms with van der Waals surface area (Å²) in [4.78, 5) is 14.7. The first kappa shape index (κ1) is 20.0. The van der Waals surface area contributed by atoms with Crippen LogP contribution in [0.5, 0.6) is 5.75 Å². The number of amides is 1. The van der Waals surface area contributed by atoms with Crippen LogP contribution in [-0.2, 0) is 6.61 Å². The first-order valence-electron chi connectivity index (χ1n) is 9.61. The molecule has 0 aliphatic carbocycles. The van der Waals surface area contributed by atoms with Gasteiger partial charge in [0.05, 0.1) is 6.04 Å². The minimum atomic E-state index is -1.02. The SMILES string of the molecule is O=C(c1cc(COc2ccc(F)c(F)c2)on1)N1CCCC[C@@H]1c1ccc(F)cc1. The van der Waals surface area contributed by atoms with Gasteiger partial charge in [-0.05, 0) is 49.1 Å². The van der Waals surface area contributed by atoms with Gasteiger partial charge in [0, 0.05) is 18.7 Å². The molecule has 1 fully saturated rings. The van der Waals surface area contributed by atoms with Crippen LogP contribution in [0.4, 0.5) is 13.2 Å². The van der Waals surface area contributed by atoms with Crippen molar-refractivity contribution in [2.75, 3.05) is 6.54 Å². The molecule has 30 heavy (non-hydrogen) atoms. The summed E-state index contributed by atoms with van der Waals surface area (Å²) in [6, 6.07) is 10.6. The third-order valence-electron chi connectivity index (χ3n) is 5.07. The number of aromatic nitrogens is 1. The normalized spacial score (nSPS) is 16.5. The van der Waals surface area contributed by atoms with Crippen LogP contribution in [0.1, 0.15) is 47.1 Å². The van der Waals surface area contributed by atoms with Gasteiger partial charge in [-0.2, -0.15) is 0 Å². The fourth-order valence-electron chi connectivity index (χ4n) is 3.56. The van der Waals surface area contributed by atoms with E-state index in [4.69, 9.17) is 9.26 Å². The summed E-state index contributed by atoms with van der Waals surface area (Å²) in [6.07, 6.45) is 2.62. The van der Waals surface area contributed by atoms with Gasteiger partial charge in [0.1, 0.15) is 18.2 Å². The molecule has 1 aliphatic heterocycles. The van der Waals surface area contributed by atoms with Crippen molar-refractivity contribution in [1.29, 1.82) is 0 Å². The Labute approximate surface area is 171 Å². The van der Waals surface area contributed by atoms with Crippen molar-refractivity contribution in [2.45, 2.75) is 31.9 Å². The molecule has 1 aliphatic rings. The zero-order valence-electron chi connectivity index (χ0n) is 16.0. The van der Waals surface area contributed by atoms with E-state index >= 15 is 0 Å². The number of ether oxygens (including phenoxy) is 1. The van der Waals surface area contributed by atoms with E-state index in [2.05, 4.69) is 5.16 Å². The third kappa shape index (κ3) is 4.32. The molecule has 8 heteroatoms. The van der Waals surface area contributed by atoms with Crippen molar-refractivity contribution < 1.29 is 27.2 Å². The summed E-state index contributed by atoms with van der Waals surface area (Å²) in [5.74, 6) is -2.18. The Bertz CT molecular complexity index is 1040. The number of hydrogen-bond acceptors (Lipinski definition) is 4. The lowest BCUT2D eigenvalue weighted by molar-refractivity contribution is 0.0600. The number of likely N-dealkylation sites (tertiary alicyclic amines) is 1. The summed E-state index contributed by atoms with van der Waals surface area (Å²) < 4.78 is 50.0. The maximum Gasteiger partial charge on any atom is 0.276 e. The predicted molar refractivity (Wildman–Crippen MR) is 101 cm³/mol. The second-order valence-corrected chi connectivity index (χ2v) is 7.10. The van der Waals surface area contributed by atoms with Gasteiger partial charge in [-0.15, -0.1) is 0 Å². The van der Waals surface area contributed by atoms with Crippen molar-refractivity contribution in [3.8, 4) is 5.75 Å². The smallest absolute Gasteiger partial charge is 0.276 e. The van der Waals surface area contributed by atoms with E-state index in [0.29, 0.717) is 6.54 Å². The summed E-state index contributed by atoms with van der Waals surface area (Å²) in [7, 11) is 0. The van der Waals surface area contributed by atoms with E-state index in [1.165, 1.54) is 24.3 Å². The molecule has 0 N–H and O–H groups in total. The van der Waals surface area contributed by atoms with Gasteiger partial charge >= 0.3 is 0 Å². The van der Waals surface area contributed by atoms with Crippen LogP contribution in [0.3, 0.4) is 0 Å². The molecule has 1 saturated heterocycles. The summed E-state index contributed by atoms with van der Waals surface area (Å²) in [5, 5.41) is 3.84. The number of benzene rings is 2. The maximum atomic E-state index is 13.3. The van der Waals surface area contributed by atoms with Crippen LogP contribution >= 0.6 is 0 Å². The van der Waals surface area contributed by atoms with E-state index in [-0.39, 0.29) is 41.6 Å². The lowest BCUT2D eigenvalue weighted by Gasteiger charge is -2.35. The average molecular weight is 416 g/mol. The third-order valence-corrected chi connectivity index (χ3v) is 5.07. The molecular formula is C22H19F3N2O3. The minimum absolute atomic E-state index is 0.0905. The molecule has 5 nitrogen and oxygen atoms in total. The molecule has 3 aromatic rings. The Kier molecular flexibility index (Phi) is 5.74. The lowest BCUT2D eigenvalue weighted by Crippen LogP contribution is -2.38. The molecule has 0 unspecified atom stereocenters. The number of rotatable bonds is 5. The van der Waals surface area contributed by atoms with Crippen LogP contribution in [0.2, 0.25) is 0 Å². The highest BCUT2D eigenvalue weighted by Gasteiger charge is 2.30. The van der Waals surface area contributed by atoms with Crippen molar-refractivity contribution in [2.24, 2.45) is 0 Å². The standard InChI is InChI=1S/C22H19F3N2O3/c23-15-6-4-14(5-7-15)21-3-1-2-10-27(21)22(28)20-12-17(30-26-20)13-29-16-8-9-18(24)19(25)11-16/h4-9,11-12,21H,1-3,10,13H2/t21-/m1/s1. The Morgan fingerprint density at radius 3 is 2.63 bits per heavy atom. The highest BCUT2D eigenvalue weighted by Crippen LogP contribution is 2.32. The molecule has 0 bridgehead atoms. The molecule has 4 rings (SSSR count). The van der Waals surface area contributed by atoms with Gasteiger partial charge in [0.2, 0.25) is 0 Å². The Morgan fingerprint density at radius 1 is 1.07 bits per heavy atom. The molecule has 156 valence electrons. The fraction of sp³-hybridized carbons (Fsp3) is 0.273. The van der Waals surface area contributed by atoms with Gasteiger partial charge < -0.3 is 14.2 Å². The van der Waals surface area contributed by atoms with Crippen molar-refractivity contribution >= 4 is 5.91 Å². The van der Waals surface area contributed by atoms with E-state index < -0.39 is 11.6 Å². The second-order valence-electron chi connectivity index (χ2n) is 7.10. The Morgan fingerprint density at radius 2 is 1.87 bits per heavy atom. The van der Waals surface area contributed by atoms with Crippen molar-refractivity contribution in [3.63, 3.8) is 0 Å². The fourth-order valence-corrected chi connectivity index (χ4v) is 3.56. The molecule has 0 spiro atoms. The van der Waals surface area contributed by atoms with Gasteiger partial charge in [-0.25, -0.2) is 13.2 Å². The number of carbonyl (C=O) groups is 1. The number of hydrogen-bond donors (Lipinski definition) is 0. The van der Waals surface area contributed by atoms with Gasteiger partial charge in [-0.1, -0.05) is 17.3 Å². The monoisotopic (exact) mass is 416 g/mol.